The number of fused-ring (bicyclic) bond motifs is 1. The first-order chi connectivity index (χ1) is 9.20. The van der Waals surface area contributed by atoms with Gasteiger partial charge in [-0.15, -0.1) is 0 Å². The fraction of sp³-hybridized carbons (Fsp3) is 0.438. The fourth-order valence-electron chi connectivity index (χ4n) is 3.15. The Hall–Kier alpha value is -1.61. The minimum absolute atomic E-state index is 0.450. The van der Waals surface area contributed by atoms with Gasteiger partial charge in [0.05, 0.1) is 17.1 Å². The third-order valence-corrected chi connectivity index (χ3v) is 4.12. The topological polar surface area (TPSA) is 43.8 Å². The Morgan fingerprint density at radius 2 is 2.21 bits per heavy atom. The zero-order valence-corrected chi connectivity index (χ0v) is 11.7. The summed E-state index contributed by atoms with van der Waals surface area (Å²) in [6, 6.07) is 8.53. The van der Waals surface area contributed by atoms with Crippen molar-refractivity contribution in [3.63, 3.8) is 0 Å². The molecule has 0 aliphatic heterocycles. The molecule has 1 aliphatic rings. The van der Waals surface area contributed by atoms with E-state index in [9.17, 15) is 0 Å². The van der Waals surface area contributed by atoms with E-state index in [0.29, 0.717) is 12.5 Å². The molecule has 0 spiro atoms. The van der Waals surface area contributed by atoms with Crippen LogP contribution in [0.25, 0.3) is 5.69 Å². The second kappa shape index (κ2) is 4.82. The summed E-state index contributed by atoms with van der Waals surface area (Å²) >= 11 is 0. The summed E-state index contributed by atoms with van der Waals surface area (Å²) in [5.41, 5.74) is 12.3. The molecule has 3 rings (SSSR count). The third-order valence-electron chi connectivity index (χ3n) is 4.12. The van der Waals surface area contributed by atoms with Crippen molar-refractivity contribution in [2.75, 3.05) is 6.54 Å². The van der Waals surface area contributed by atoms with Crippen LogP contribution in [0.1, 0.15) is 41.3 Å². The molecule has 0 fully saturated rings. The smallest absolute Gasteiger partial charge is 0.0651 e. The van der Waals surface area contributed by atoms with Gasteiger partial charge in [0.15, 0.2) is 0 Å². The lowest BCUT2D eigenvalue weighted by Crippen LogP contribution is -2.21. The Morgan fingerprint density at radius 3 is 2.95 bits per heavy atom. The van der Waals surface area contributed by atoms with E-state index in [2.05, 4.69) is 42.8 Å². The molecule has 1 aliphatic carbocycles. The van der Waals surface area contributed by atoms with Gasteiger partial charge in [-0.2, -0.15) is 5.10 Å². The molecule has 100 valence electrons. The first-order valence-corrected chi connectivity index (χ1v) is 7.06. The number of aryl methyl sites for hydroxylation is 2. The van der Waals surface area contributed by atoms with Crippen molar-refractivity contribution in [1.29, 1.82) is 0 Å². The SMILES string of the molecule is Cc1cccc(-n2nc(C)c3c2C(CN)CCC3)c1. The lowest BCUT2D eigenvalue weighted by Gasteiger charge is -2.23. The Morgan fingerprint density at radius 1 is 1.37 bits per heavy atom. The molecular formula is C16H21N3. The zero-order valence-electron chi connectivity index (χ0n) is 11.7. The first-order valence-electron chi connectivity index (χ1n) is 7.06. The van der Waals surface area contributed by atoms with E-state index in [1.165, 1.54) is 29.7 Å². The average Bonchev–Trinajstić information content (AvgIpc) is 2.76. The van der Waals surface area contributed by atoms with E-state index in [-0.39, 0.29) is 0 Å². The maximum atomic E-state index is 5.96. The van der Waals surface area contributed by atoms with Gasteiger partial charge in [-0.1, -0.05) is 12.1 Å². The molecule has 2 N–H and O–H groups in total. The van der Waals surface area contributed by atoms with Gasteiger partial charge in [-0.05, 0) is 56.4 Å². The molecule has 3 heteroatoms. The van der Waals surface area contributed by atoms with Gasteiger partial charge < -0.3 is 5.73 Å². The first kappa shape index (κ1) is 12.4. The molecule has 0 radical (unpaired) electrons. The number of hydrogen-bond donors (Lipinski definition) is 1. The Labute approximate surface area is 114 Å². The van der Waals surface area contributed by atoms with Crippen molar-refractivity contribution in [2.45, 2.75) is 39.0 Å². The maximum absolute atomic E-state index is 5.96. The largest absolute Gasteiger partial charge is 0.330 e. The minimum Gasteiger partial charge on any atom is -0.330 e. The Kier molecular flexibility index (Phi) is 3.15. The third kappa shape index (κ3) is 2.08. The monoisotopic (exact) mass is 255 g/mol. The van der Waals surface area contributed by atoms with Gasteiger partial charge in [0, 0.05) is 12.5 Å². The van der Waals surface area contributed by atoms with Crippen LogP contribution < -0.4 is 5.73 Å². The van der Waals surface area contributed by atoms with Crippen molar-refractivity contribution in [3.8, 4) is 5.69 Å². The summed E-state index contributed by atoms with van der Waals surface area (Å²) in [7, 11) is 0. The molecule has 0 bridgehead atoms. The van der Waals surface area contributed by atoms with E-state index in [4.69, 9.17) is 10.8 Å². The average molecular weight is 255 g/mol. The maximum Gasteiger partial charge on any atom is 0.0651 e. The molecule has 1 atom stereocenters. The predicted molar refractivity (Wildman–Crippen MR) is 77.8 cm³/mol. The van der Waals surface area contributed by atoms with E-state index in [0.717, 1.165) is 17.8 Å². The quantitative estimate of drug-likeness (QED) is 0.896. The van der Waals surface area contributed by atoms with Crippen LogP contribution in [0.15, 0.2) is 24.3 Å². The van der Waals surface area contributed by atoms with Crippen molar-refractivity contribution >= 4 is 0 Å². The second-order valence-electron chi connectivity index (χ2n) is 5.52. The Bertz CT molecular complexity index is 598. The molecular weight excluding hydrogens is 234 g/mol. The summed E-state index contributed by atoms with van der Waals surface area (Å²) in [6.07, 6.45) is 3.55. The van der Waals surface area contributed by atoms with Crippen LogP contribution in [0.2, 0.25) is 0 Å². The lowest BCUT2D eigenvalue weighted by atomic mass is 9.86. The van der Waals surface area contributed by atoms with Crippen LogP contribution in [0.5, 0.6) is 0 Å². The number of rotatable bonds is 2. The van der Waals surface area contributed by atoms with Crippen molar-refractivity contribution in [2.24, 2.45) is 5.73 Å². The number of nitrogens with zero attached hydrogens (tertiary/aromatic N) is 2. The number of benzene rings is 1. The van der Waals surface area contributed by atoms with Crippen molar-refractivity contribution in [3.05, 3.63) is 46.8 Å². The van der Waals surface area contributed by atoms with Crippen molar-refractivity contribution in [1.82, 2.24) is 9.78 Å². The molecule has 19 heavy (non-hydrogen) atoms. The molecule has 1 heterocycles. The Balaban J connectivity index is 2.17. The van der Waals surface area contributed by atoms with Crippen LogP contribution in [0.3, 0.4) is 0 Å². The highest BCUT2D eigenvalue weighted by Crippen LogP contribution is 2.34. The molecule has 1 aromatic carbocycles. The molecule has 0 amide bonds. The van der Waals surface area contributed by atoms with Crippen molar-refractivity contribution < 1.29 is 0 Å². The number of nitrogens with two attached hydrogens (primary N) is 1. The van der Waals surface area contributed by atoms with Gasteiger partial charge in [-0.25, -0.2) is 4.68 Å². The normalized spacial score (nSPS) is 18.4. The van der Waals surface area contributed by atoms with E-state index in [1.54, 1.807) is 0 Å². The van der Waals surface area contributed by atoms with Gasteiger partial charge in [-0.3, -0.25) is 0 Å². The van der Waals surface area contributed by atoms with Crippen LogP contribution >= 0.6 is 0 Å². The van der Waals surface area contributed by atoms with Gasteiger partial charge in [0.1, 0.15) is 0 Å². The summed E-state index contributed by atoms with van der Waals surface area (Å²) in [4.78, 5) is 0. The number of hydrogen-bond acceptors (Lipinski definition) is 2. The van der Waals surface area contributed by atoms with Crippen LogP contribution in [0, 0.1) is 13.8 Å². The molecule has 2 aromatic rings. The van der Waals surface area contributed by atoms with Crippen LogP contribution in [0.4, 0.5) is 0 Å². The highest BCUT2D eigenvalue weighted by Gasteiger charge is 2.26. The van der Waals surface area contributed by atoms with Crippen LogP contribution in [-0.2, 0) is 6.42 Å². The van der Waals surface area contributed by atoms with E-state index in [1.807, 2.05) is 0 Å². The second-order valence-corrected chi connectivity index (χ2v) is 5.52. The van der Waals surface area contributed by atoms with E-state index < -0.39 is 0 Å². The predicted octanol–water partition coefficient (Wildman–Crippen LogP) is 2.87. The minimum atomic E-state index is 0.450. The molecule has 0 saturated carbocycles. The summed E-state index contributed by atoms with van der Waals surface area (Å²) in [6.45, 7) is 4.95. The molecule has 3 nitrogen and oxygen atoms in total. The summed E-state index contributed by atoms with van der Waals surface area (Å²) in [5.74, 6) is 0.450. The van der Waals surface area contributed by atoms with Crippen LogP contribution in [-0.4, -0.2) is 16.3 Å². The highest BCUT2D eigenvalue weighted by molar-refractivity contribution is 5.42. The highest BCUT2D eigenvalue weighted by atomic mass is 15.3. The zero-order chi connectivity index (χ0) is 13.4. The standard InChI is InChI=1S/C16H21N3/c1-11-5-3-7-14(9-11)19-16-13(10-17)6-4-8-15(16)12(2)18-19/h3,5,7,9,13H,4,6,8,10,17H2,1-2H3. The van der Waals surface area contributed by atoms with Gasteiger partial charge >= 0.3 is 0 Å². The fourth-order valence-corrected chi connectivity index (χ4v) is 3.15. The lowest BCUT2D eigenvalue weighted by molar-refractivity contribution is 0.534. The summed E-state index contributed by atoms with van der Waals surface area (Å²) < 4.78 is 2.12. The van der Waals surface area contributed by atoms with Gasteiger partial charge in [0.2, 0.25) is 0 Å². The number of aromatic nitrogens is 2. The van der Waals surface area contributed by atoms with Gasteiger partial charge in [0.25, 0.3) is 0 Å². The molecule has 1 unspecified atom stereocenters. The molecule has 0 saturated heterocycles. The summed E-state index contributed by atoms with van der Waals surface area (Å²) in [5, 5.41) is 4.76. The molecule has 1 aromatic heterocycles. The van der Waals surface area contributed by atoms with E-state index >= 15 is 0 Å².